The molecule has 242 valence electrons. The molecule has 0 N–H and O–H groups in total. The summed E-state index contributed by atoms with van der Waals surface area (Å²) < 4.78 is 6.76. The number of para-hydroxylation sites is 4. The second kappa shape index (κ2) is 11.3. The molecule has 0 unspecified atom stereocenters. The first-order chi connectivity index (χ1) is 25.1. The van der Waals surface area contributed by atoms with Gasteiger partial charge < -0.3 is 9.32 Å². The van der Waals surface area contributed by atoms with E-state index in [4.69, 9.17) is 4.42 Å². The Balaban J connectivity index is 1.28. The van der Waals surface area contributed by atoms with Gasteiger partial charge in [-0.05, 0) is 74.5 Å². The molecule has 2 heteroatoms. The largest absolute Gasteiger partial charge is 0.454 e. The van der Waals surface area contributed by atoms with Crippen molar-refractivity contribution < 1.29 is 4.42 Å². The highest BCUT2D eigenvalue weighted by molar-refractivity contribution is 6.12. The molecule has 2 nitrogen and oxygen atoms in total. The molecule has 1 aromatic heterocycles. The highest BCUT2D eigenvalue weighted by Gasteiger charge is 2.37. The van der Waals surface area contributed by atoms with Crippen molar-refractivity contribution in [1.82, 2.24) is 0 Å². The molecule has 8 aromatic carbocycles. The maximum atomic E-state index is 6.76. The standard InChI is InChI=1S/C49H35NO/c1-49(2)41-23-9-5-20-40(41)47-38(21-13-24-42(47)49)36-18-7-11-26-44(36)50(45-27-14-22-39-37-19-8-12-28-46(37)51-48(39)45)43-25-10-6-17-35(43)34-30-29-32-15-3-4-16-33(32)31-34/h3-31H,1-2H3. The summed E-state index contributed by atoms with van der Waals surface area (Å²) in [6, 6.07) is 63.6. The number of benzene rings is 8. The number of nitrogens with zero attached hydrogens (tertiary/aromatic N) is 1. The predicted molar refractivity (Wildman–Crippen MR) is 214 cm³/mol. The van der Waals surface area contributed by atoms with Gasteiger partial charge in [0.2, 0.25) is 0 Å². The van der Waals surface area contributed by atoms with E-state index in [2.05, 4.69) is 189 Å². The lowest BCUT2D eigenvalue weighted by Gasteiger charge is -2.30. The smallest absolute Gasteiger partial charge is 0.159 e. The fraction of sp³-hybridized carbons (Fsp3) is 0.0612. The summed E-state index contributed by atoms with van der Waals surface area (Å²) in [5.41, 5.74) is 14.9. The SMILES string of the molecule is CC1(C)c2ccccc2-c2c(-c3ccccc3N(c3ccccc3-c3ccc4ccccc4c3)c3cccc4c3oc3ccccc34)cccc21. The summed E-state index contributed by atoms with van der Waals surface area (Å²) >= 11 is 0. The van der Waals surface area contributed by atoms with E-state index in [-0.39, 0.29) is 5.41 Å². The van der Waals surface area contributed by atoms with E-state index < -0.39 is 0 Å². The highest BCUT2D eigenvalue weighted by Crippen LogP contribution is 2.54. The number of hydrogen-bond donors (Lipinski definition) is 0. The molecule has 0 spiro atoms. The van der Waals surface area contributed by atoms with E-state index in [0.29, 0.717) is 0 Å². The van der Waals surface area contributed by atoms with Gasteiger partial charge >= 0.3 is 0 Å². The van der Waals surface area contributed by atoms with E-state index in [1.807, 2.05) is 6.07 Å². The molecule has 51 heavy (non-hydrogen) atoms. The normalized spacial score (nSPS) is 13.1. The third-order valence-electron chi connectivity index (χ3n) is 10.9. The summed E-state index contributed by atoms with van der Waals surface area (Å²) in [5, 5.41) is 4.67. The average Bonchev–Trinajstić information content (AvgIpc) is 3.68. The molecule has 10 rings (SSSR count). The van der Waals surface area contributed by atoms with Gasteiger partial charge in [0.25, 0.3) is 0 Å². The zero-order valence-corrected chi connectivity index (χ0v) is 28.6. The lowest BCUT2D eigenvalue weighted by Crippen LogP contribution is -2.15. The van der Waals surface area contributed by atoms with E-state index in [9.17, 15) is 0 Å². The van der Waals surface area contributed by atoms with Crippen LogP contribution < -0.4 is 4.90 Å². The maximum Gasteiger partial charge on any atom is 0.159 e. The zero-order valence-electron chi connectivity index (χ0n) is 28.6. The number of hydrogen-bond acceptors (Lipinski definition) is 2. The summed E-state index contributed by atoms with van der Waals surface area (Å²) in [6.07, 6.45) is 0. The molecule has 1 aliphatic rings. The van der Waals surface area contributed by atoms with Crippen LogP contribution in [0.1, 0.15) is 25.0 Å². The number of furan rings is 1. The summed E-state index contributed by atoms with van der Waals surface area (Å²) in [4.78, 5) is 2.43. The van der Waals surface area contributed by atoms with Crippen molar-refractivity contribution in [2.45, 2.75) is 19.3 Å². The molecule has 0 amide bonds. The van der Waals surface area contributed by atoms with Gasteiger partial charge in [-0.3, -0.25) is 0 Å². The van der Waals surface area contributed by atoms with E-state index in [1.165, 1.54) is 49.7 Å². The summed E-state index contributed by atoms with van der Waals surface area (Å²) in [7, 11) is 0. The minimum atomic E-state index is -0.0981. The van der Waals surface area contributed by atoms with Crippen LogP contribution in [0.2, 0.25) is 0 Å². The van der Waals surface area contributed by atoms with E-state index in [1.54, 1.807) is 0 Å². The number of fused-ring (bicyclic) bond motifs is 7. The van der Waals surface area contributed by atoms with Crippen LogP contribution >= 0.6 is 0 Å². The Morgan fingerprint density at radius 2 is 1.02 bits per heavy atom. The van der Waals surface area contributed by atoms with Gasteiger partial charge in [0.1, 0.15) is 5.58 Å². The molecule has 1 aliphatic carbocycles. The van der Waals surface area contributed by atoms with Gasteiger partial charge in [0, 0.05) is 27.3 Å². The molecule has 0 aliphatic heterocycles. The predicted octanol–water partition coefficient (Wildman–Crippen LogP) is 13.8. The van der Waals surface area contributed by atoms with Crippen LogP contribution in [0.5, 0.6) is 0 Å². The third kappa shape index (κ3) is 4.50. The zero-order chi connectivity index (χ0) is 34.1. The molecule has 1 heterocycles. The highest BCUT2D eigenvalue weighted by atomic mass is 16.3. The van der Waals surface area contributed by atoms with Gasteiger partial charge in [-0.2, -0.15) is 0 Å². The van der Waals surface area contributed by atoms with Gasteiger partial charge in [-0.1, -0.05) is 159 Å². The van der Waals surface area contributed by atoms with E-state index >= 15 is 0 Å². The first-order valence-electron chi connectivity index (χ1n) is 17.7. The van der Waals surface area contributed by atoms with Gasteiger partial charge in [0.15, 0.2) is 5.58 Å². The summed E-state index contributed by atoms with van der Waals surface area (Å²) in [5.74, 6) is 0. The van der Waals surface area contributed by atoms with Gasteiger partial charge in [0.05, 0.1) is 17.1 Å². The van der Waals surface area contributed by atoms with Crippen molar-refractivity contribution in [2.24, 2.45) is 0 Å². The topological polar surface area (TPSA) is 16.4 Å². The molecular weight excluding hydrogens is 619 g/mol. The fourth-order valence-corrected chi connectivity index (χ4v) is 8.44. The maximum absolute atomic E-state index is 6.76. The van der Waals surface area contributed by atoms with Crippen molar-refractivity contribution in [1.29, 1.82) is 0 Å². The van der Waals surface area contributed by atoms with Crippen molar-refractivity contribution in [3.05, 3.63) is 187 Å². The summed E-state index contributed by atoms with van der Waals surface area (Å²) in [6.45, 7) is 4.70. The Kier molecular flexibility index (Phi) is 6.56. The first kappa shape index (κ1) is 29.5. The van der Waals surface area contributed by atoms with Crippen molar-refractivity contribution >= 4 is 49.8 Å². The first-order valence-corrected chi connectivity index (χ1v) is 17.7. The van der Waals surface area contributed by atoms with Crippen molar-refractivity contribution in [2.75, 3.05) is 4.90 Å². The lowest BCUT2D eigenvalue weighted by atomic mass is 9.82. The Morgan fingerprint density at radius 3 is 1.88 bits per heavy atom. The van der Waals surface area contributed by atoms with Crippen molar-refractivity contribution in [3.63, 3.8) is 0 Å². The molecule has 0 saturated carbocycles. The van der Waals surface area contributed by atoms with Crippen LogP contribution in [0.3, 0.4) is 0 Å². The molecule has 0 saturated heterocycles. The Morgan fingerprint density at radius 1 is 0.431 bits per heavy atom. The minimum absolute atomic E-state index is 0.0981. The monoisotopic (exact) mass is 653 g/mol. The third-order valence-corrected chi connectivity index (χ3v) is 10.9. The van der Waals surface area contributed by atoms with Gasteiger partial charge in [-0.25, -0.2) is 0 Å². The molecule has 0 radical (unpaired) electrons. The molecule has 0 fully saturated rings. The Bertz CT molecular complexity index is 2800. The average molecular weight is 654 g/mol. The second-order valence-electron chi connectivity index (χ2n) is 14.1. The molecule has 0 bridgehead atoms. The van der Waals surface area contributed by atoms with Crippen LogP contribution in [0.15, 0.2) is 180 Å². The van der Waals surface area contributed by atoms with Crippen LogP contribution in [0.25, 0.3) is 66.1 Å². The van der Waals surface area contributed by atoms with Crippen molar-refractivity contribution in [3.8, 4) is 33.4 Å². The quantitative estimate of drug-likeness (QED) is 0.184. The number of rotatable bonds is 5. The van der Waals surface area contributed by atoms with E-state index in [0.717, 1.165) is 44.6 Å². The minimum Gasteiger partial charge on any atom is -0.454 e. The second-order valence-corrected chi connectivity index (χ2v) is 14.1. The van der Waals surface area contributed by atoms with Crippen LogP contribution in [0, 0.1) is 0 Å². The van der Waals surface area contributed by atoms with Crippen LogP contribution in [0.4, 0.5) is 17.1 Å². The Hall–Kier alpha value is -6.38. The fourth-order valence-electron chi connectivity index (χ4n) is 8.44. The van der Waals surface area contributed by atoms with Crippen LogP contribution in [-0.2, 0) is 5.41 Å². The molecular formula is C49H35NO. The van der Waals surface area contributed by atoms with Crippen LogP contribution in [-0.4, -0.2) is 0 Å². The van der Waals surface area contributed by atoms with Gasteiger partial charge in [-0.15, -0.1) is 0 Å². The lowest BCUT2D eigenvalue weighted by molar-refractivity contribution is 0.660. The Labute approximate surface area is 297 Å². The molecule has 0 atom stereocenters. The number of anilines is 3. The molecule has 9 aromatic rings.